The quantitative estimate of drug-likeness (QED) is 0.675. The summed E-state index contributed by atoms with van der Waals surface area (Å²) in [6.45, 7) is 3.95. The van der Waals surface area contributed by atoms with E-state index >= 15 is 0 Å². The number of carbonyl (C=O) groups is 2. The summed E-state index contributed by atoms with van der Waals surface area (Å²) in [5.74, 6) is -1.47. The second kappa shape index (κ2) is 8.60. The van der Waals surface area contributed by atoms with E-state index in [4.69, 9.17) is 9.84 Å². The van der Waals surface area contributed by atoms with Crippen molar-refractivity contribution in [2.45, 2.75) is 26.2 Å². The standard InChI is InChI=1S/C12H18N2O4S/c1-2-3-6-18-7-4-5-13-10(15)11-14-9(8-19-11)12(16)17/h8H,2-7H2,1H3,(H,13,15)(H,16,17). The lowest BCUT2D eigenvalue weighted by Crippen LogP contribution is -2.25. The van der Waals surface area contributed by atoms with Crippen LogP contribution in [0.25, 0.3) is 0 Å². The number of aromatic carboxylic acids is 1. The summed E-state index contributed by atoms with van der Waals surface area (Å²) < 4.78 is 5.36. The number of carboxylic acids is 1. The van der Waals surface area contributed by atoms with Crippen molar-refractivity contribution in [2.24, 2.45) is 0 Å². The molecular weight excluding hydrogens is 268 g/mol. The average Bonchev–Trinajstić information content (AvgIpc) is 2.87. The Kier molecular flexibility index (Phi) is 7.06. The summed E-state index contributed by atoms with van der Waals surface area (Å²) in [6.07, 6.45) is 2.88. The maximum absolute atomic E-state index is 11.6. The molecule has 0 aliphatic carbocycles. The number of unbranched alkanes of at least 4 members (excludes halogenated alkanes) is 1. The van der Waals surface area contributed by atoms with Crippen molar-refractivity contribution in [3.63, 3.8) is 0 Å². The van der Waals surface area contributed by atoms with Crippen molar-refractivity contribution in [1.82, 2.24) is 10.3 Å². The van der Waals surface area contributed by atoms with Crippen molar-refractivity contribution < 1.29 is 19.4 Å². The Balaban J connectivity index is 2.18. The highest BCUT2D eigenvalue weighted by Gasteiger charge is 2.13. The van der Waals surface area contributed by atoms with Crippen LogP contribution in [0.3, 0.4) is 0 Å². The number of nitrogens with one attached hydrogen (secondary N) is 1. The predicted octanol–water partition coefficient (Wildman–Crippen LogP) is 1.78. The van der Waals surface area contributed by atoms with Gasteiger partial charge in [-0.2, -0.15) is 0 Å². The first-order chi connectivity index (χ1) is 9.15. The smallest absolute Gasteiger partial charge is 0.355 e. The number of carbonyl (C=O) groups excluding carboxylic acids is 1. The zero-order chi connectivity index (χ0) is 14.1. The molecule has 2 N–H and O–H groups in total. The SMILES string of the molecule is CCCCOCCCNC(=O)c1nc(C(=O)O)cs1. The van der Waals surface area contributed by atoms with Gasteiger partial charge in [0, 0.05) is 25.1 Å². The van der Waals surface area contributed by atoms with Crippen molar-refractivity contribution in [3.05, 3.63) is 16.1 Å². The fourth-order valence-electron chi connectivity index (χ4n) is 1.28. The largest absolute Gasteiger partial charge is 0.476 e. The molecular formula is C12H18N2O4S. The van der Waals surface area contributed by atoms with Gasteiger partial charge in [-0.05, 0) is 12.8 Å². The van der Waals surface area contributed by atoms with Gasteiger partial charge in [-0.25, -0.2) is 9.78 Å². The predicted molar refractivity (Wildman–Crippen MR) is 71.8 cm³/mol. The van der Waals surface area contributed by atoms with E-state index in [1.165, 1.54) is 5.38 Å². The molecule has 1 rings (SSSR count). The van der Waals surface area contributed by atoms with Crippen molar-refractivity contribution in [2.75, 3.05) is 19.8 Å². The number of ether oxygens (including phenoxy) is 1. The van der Waals surface area contributed by atoms with Gasteiger partial charge in [0.05, 0.1) is 0 Å². The van der Waals surface area contributed by atoms with E-state index in [1.54, 1.807) is 0 Å². The molecule has 0 saturated carbocycles. The number of amides is 1. The summed E-state index contributed by atoms with van der Waals surface area (Å²) in [7, 11) is 0. The fraction of sp³-hybridized carbons (Fsp3) is 0.583. The first kappa shape index (κ1) is 15.6. The maximum atomic E-state index is 11.6. The van der Waals surface area contributed by atoms with E-state index in [-0.39, 0.29) is 16.6 Å². The normalized spacial score (nSPS) is 10.4. The maximum Gasteiger partial charge on any atom is 0.355 e. The second-order valence-electron chi connectivity index (χ2n) is 3.92. The molecule has 0 aliphatic heterocycles. The summed E-state index contributed by atoms with van der Waals surface area (Å²) in [6, 6.07) is 0. The molecule has 1 heterocycles. The highest BCUT2D eigenvalue weighted by molar-refractivity contribution is 7.11. The van der Waals surface area contributed by atoms with E-state index in [1.807, 2.05) is 0 Å². The van der Waals surface area contributed by atoms with E-state index in [2.05, 4.69) is 17.2 Å². The van der Waals surface area contributed by atoms with Crippen LogP contribution in [0.4, 0.5) is 0 Å². The van der Waals surface area contributed by atoms with Crippen molar-refractivity contribution >= 4 is 23.2 Å². The molecule has 0 radical (unpaired) electrons. The summed E-state index contributed by atoms with van der Waals surface area (Å²) >= 11 is 1.03. The van der Waals surface area contributed by atoms with E-state index in [0.29, 0.717) is 13.2 Å². The lowest BCUT2D eigenvalue weighted by atomic mass is 10.3. The molecule has 0 fully saturated rings. The Morgan fingerprint density at radius 3 is 2.79 bits per heavy atom. The minimum absolute atomic E-state index is 0.0990. The molecule has 19 heavy (non-hydrogen) atoms. The monoisotopic (exact) mass is 286 g/mol. The zero-order valence-corrected chi connectivity index (χ0v) is 11.7. The van der Waals surface area contributed by atoms with Crippen LogP contribution in [0, 0.1) is 0 Å². The van der Waals surface area contributed by atoms with Crippen molar-refractivity contribution in [3.8, 4) is 0 Å². The van der Waals surface area contributed by atoms with E-state index in [0.717, 1.165) is 37.2 Å². The van der Waals surface area contributed by atoms with Gasteiger partial charge < -0.3 is 15.2 Å². The lowest BCUT2D eigenvalue weighted by molar-refractivity contribution is 0.0691. The second-order valence-corrected chi connectivity index (χ2v) is 4.78. The molecule has 0 bridgehead atoms. The molecule has 1 aromatic rings. The number of hydrogen-bond donors (Lipinski definition) is 2. The minimum atomic E-state index is -1.13. The van der Waals surface area contributed by atoms with Crippen LogP contribution >= 0.6 is 11.3 Å². The Labute approximate surface area is 115 Å². The molecule has 1 amide bonds. The average molecular weight is 286 g/mol. The lowest BCUT2D eigenvalue weighted by Gasteiger charge is -2.04. The number of thiazole rings is 1. The van der Waals surface area contributed by atoms with Crippen LogP contribution in [0.1, 0.15) is 46.5 Å². The molecule has 1 aromatic heterocycles. The third-order valence-corrected chi connectivity index (χ3v) is 3.15. The van der Waals surface area contributed by atoms with Gasteiger partial charge in [-0.1, -0.05) is 13.3 Å². The van der Waals surface area contributed by atoms with Gasteiger partial charge in [-0.3, -0.25) is 4.79 Å². The molecule has 0 atom stereocenters. The number of rotatable bonds is 9. The van der Waals surface area contributed by atoms with Crippen LogP contribution in [0.2, 0.25) is 0 Å². The highest BCUT2D eigenvalue weighted by atomic mass is 32.1. The van der Waals surface area contributed by atoms with Gasteiger partial charge >= 0.3 is 5.97 Å². The van der Waals surface area contributed by atoms with Gasteiger partial charge in [0.15, 0.2) is 10.7 Å². The molecule has 7 heteroatoms. The molecule has 0 unspecified atom stereocenters. The Hall–Kier alpha value is -1.47. The number of carboxylic acid groups (broad SMARTS) is 1. The summed E-state index contributed by atoms with van der Waals surface area (Å²) in [5, 5.41) is 12.9. The van der Waals surface area contributed by atoms with Crippen LogP contribution in [-0.4, -0.2) is 41.7 Å². The Morgan fingerprint density at radius 2 is 2.16 bits per heavy atom. The summed E-state index contributed by atoms with van der Waals surface area (Å²) in [5.41, 5.74) is -0.0990. The van der Waals surface area contributed by atoms with E-state index in [9.17, 15) is 9.59 Å². The van der Waals surface area contributed by atoms with Gasteiger partial charge in [0.2, 0.25) is 0 Å². The first-order valence-electron chi connectivity index (χ1n) is 6.20. The highest BCUT2D eigenvalue weighted by Crippen LogP contribution is 2.09. The molecule has 0 aromatic carbocycles. The summed E-state index contributed by atoms with van der Waals surface area (Å²) in [4.78, 5) is 26.0. The molecule has 6 nitrogen and oxygen atoms in total. The Bertz CT molecular complexity index is 420. The Morgan fingerprint density at radius 1 is 1.42 bits per heavy atom. The van der Waals surface area contributed by atoms with Crippen LogP contribution < -0.4 is 5.32 Å². The van der Waals surface area contributed by atoms with Gasteiger partial charge in [0.25, 0.3) is 5.91 Å². The molecule has 106 valence electrons. The third-order valence-electron chi connectivity index (χ3n) is 2.31. The topological polar surface area (TPSA) is 88.5 Å². The molecule has 0 spiro atoms. The first-order valence-corrected chi connectivity index (χ1v) is 7.08. The van der Waals surface area contributed by atoms with Gasteiger partial charge in [-0.15, -0.1) is 11.3 Å². The van der Waals surface area contributed by atoms with Crippen LogP contribution in [0.5, 0.6) is 0 Å². The van der Waals surface area contributed by atoms with E-state index < -0.39 is 5.97 Å². The number of nitrogens with zero attached hydrogens (tertiary/aromatic N) is 1. The van der Waals surface area contributed by atoms with Gasteiger partial charge in [0.1, 0.15) is 0 Å². The van der Waals surface area contributed by atoms with Crippen LogP contribution in [-0.2, 0) is 4.74 Å². The van der Waals surface area contributed by atoms with Crippen molar-refractivity contribution in [1.29, 1.82) is 0 Å². The minimum Gasteiger partial charge on any atom is -0.476 e. The third kappa shape index (κ3) is 5.80. The molecule has 0 aliphatic rings. The zero-order valence-electron chi connectivity index (χ0n) is 10.8. The fourth-order valence-corrected chi connectivity index (χ4v) is 1.98. The molecule has 0 saturated heterocycles. The number of hydrogen-bond acceptors (Lipinski definition) is 5. The van der Waals surface area contributed by atoms with Crippen LogP contribution in [0.15, 0.2) is 5.38 Å². The number of aromatic nitrogens is 1.